The molecule has 0 aliphatic carbocycles. The first kappa shape index (κ1) is 12.8. The first-order valence-corrected chi connectivity index (χ1v) is 6.53. The molecule has 8 nitrogen and oxygen atoms in total. The zero-order valence-electron chi connectivity index (χ0n) is 10.5. The van der Waals surface area contributed by atoms with Crippen molar-refractivity contribution in [2.24, 2.45) is 0 Å². The van der Waals surface area contributed by atoms with Crippen molar-refractivity contribution in [3.05, 3.63) is 29.1 Å². The van der Waals surface area contributed by atoms with Crippen molar-refractivity contribution in [2.75, 3.05) is 18.4 Å². The lowest BCUT2D eigenvalue weighted by molar-refractivity contribution is 0.0921. The van der Waals surface area contributed by atoms with E-state index in [1.54, 1.807) is 0 Å². The number of nitrogens with zero attached hydrogens (tertiary/aromatic N) is 5. The van der Waals surface area contributed by atoms with Crippen LogP contribution in [0.25, 0.3) is 0 Å². The minimum Gasteiger partial charge on any atom is -0.354 e. The summed E-state index contributed by atoms with van der Waals surface area (Å²) >= 11 is 5.71. The number of carbonyl (C=O) groups excluding carboxylic acids is 1. The Labute approximate surface area is 119 Å². The lowest BCUT2D eigenvalue weighted by atomic mass is 10.3. The molecule has 2 aromatic heterocycles. The van der Waals surface area contributed by atoms with Crippen molar-refractivity contribution in [2.45, 2.75) is 13.0 Å². The Morgan fingerprint density at radius 1 is 1.35 bits per heavy atom. The van der Waals surface area contributed by atoms with Gasteiger partial charge in [0.05, 0.1) is 17.4 Å². The molecule has 0 radical (unpaired) electrons. The fourth-order valence-electron chi connectivity index (χ4n) is 1.97. The Hall–Kier alpha value is -2.22. The van der Waals surface area contributed by atoms with Gasteiger partial charge in [-0.15, -0.1) is 10.2 Å². The number of nitrogens with one attached hydrogen (secondary N) is 2. The summed E-state index contributed by atoms with van der Waals surface area (Å²) < 4.78 is 1.84. The van der Waals surface area contributed by atoms with Crippen LogP contribution in [0.1, 0.15) is 16.4 Å². The molecule has 0 bridgehead atoms. The summed E-state index contributed by atoms with van der Waals surface area (Å²) in [5, 5.41) is 14.2. The largest absolute Gasteiger partial charge is 0.354 e. The van der Waals surface area contributed by atoms with Crippen LogP contribution in [0.15, 0.2) is 12.4 Å². The Bertz CT molecular complexity index is 624. The van der Waals surface area contributed by atoms with Crippen molar-refractivity contribution < 1.29 is 4.79 Å². The number of fused-ring (bicyclic) bond motifs is 1. The van der Waals surface area contributed by atoms with Crippen molar-refractivity contribution in [1.29, 1.82) is 0 Å². The Morgan fingerprint density at radius 3 is 2.95 bits per heavy atom. The van der Waals surface area contributed by atoms with Crippen LogP contribution in [-0.4, -0.2) is 43.7 Å². The van der Waals surface area contributed by atoms with Gasteiger partial charge in [-0.2, -0.15) is 0 Å². The highest BCUT2D eigenvalue weighted by Gasteiger charge is 2.21. The van der Waals surface area contributed by atoms with Crippen LogP contribution in [0.5, 0.6) is 0 Å². The van der Waals surface area contributed by atoms with E-state index in [0.717, 1.165) is 5.82 Å². The van der Waals surface area contributed by atoms with Crippen LogP contribution in [-0.2, 0) is 13.0 Å². The van der Waals surface area contributed by atoms with Gasteiger partial charge in [0.2, 0.25) is 11.8 Å². The summed E-state index contributed by atoms with van der Waals surface area (Å²) in [7, 11) is 0. The molecule has 3 heterocycles. The fraction of sp³-hybridized carbons (Fsp3) is 0.364. The van der Waals surface area contributed by atoms with E-state index in [4.69, 9.17) is 11.6 Å². The molecule has 0 spiro atoms. The van der Waals surface area contributed by atoms with Gasteiger partial charge in [0.15, 0.2) is 0 Å². The van der Waals surface area contributed by atoms with Gasteiger partial charge < -0.3 is 15.2 Å². The van der Waals surface area contributed by atoms with Crippen molar-refractivity contribution in [3.8, 4) is 0 Å². The Kier molecular flexibility index (Phi) is 3.46. The molecule has 0 aromatic carbocycles. The molecular formula is C11H12ClN7O. The molecule has 9 heteroatoms. The quantitative estimate of drug-likeness (QED) is 0.831. The van der Waals surface area contributed by atoms with Crippen molar-refractivity contribution in [1.82, 2.24) is 30.0 Å². The van der Waals surface area contributed by atoms with E-state index in [2.05, 4.69) is 30.8 Å². The predicted octanol–water partition coefficient (Wildman–Crippen LogP) is 0.119. The Balaban J connectivity index is 1.62. The number of aromatic nitrogens is 5. The zero-order chi connectivity index (χ0) is 13.9. The molecule has 2 N–H and O–H groups in total. The maximum Gasteiger partial charge on any atom is 0.289 e. The molecule has 0 saturated heterocycles. The maximum atomic E-state index is 11.5. The monoisotopic (exact) mass is 293 g/mol. The lowest BCUT2D eigenvalue weighted by Crippen LogP contribution is -2.36. The highest BCUT2D eigenvalue weighted by Crippen LogP contribution is 2.08. The topological polar surface area (TPSA) is 97.6 Å². The van der Waals surface area contributed by atoms with Gasteiger partial charge in [0.25, 0.3) is 5.91 Å². The van der Waals surface area contributed by atoms with Gasteiger partial charge in [-0.1, -0.05) is 11.6 Å². The minimum atomic E-state index is -0.177. The highest BCUT2D eigenvalue weighted by atomic mass is 35.5. The molecule has 1 amide bonds. The van der Waals surface area contributed by atoms with Crippen LogP contribution >= 0.6 is 11.6 Å². The van der Waals surface area contributed by atoms with E-state index < -0.39 is 0 Å². The van der Waals surface area contributed by atoms with Crippen LogP contribution in [0, 0.1) is 0 Å². The number of rotatable bonds is 4. The van der Waals surface area contributed by atoms with E-state index in [0.29, 0.717) is 42.9 Å². The molecule has 1 aliphatic heterocycles. The fourth-order valence-corrected chi connectivity index (χ4v) is 2.07. The molecule has 0 saturated carbocycles. The Morgan fingerprint density at radius 2 is 2.15 bits per heavy atom. The van der Waals surface area contributed by atoms with Gasteiger partial charge in [0.1, 0.15) is 5.82 Å². The minimum absolute atomic E-state index is 0.177. The second-order valence-corrected chi connectivity index (χ2v) is 4.69. The lowest BCUT2D eigenvalue weighted by Gasteiger charge is -2.15. The third-order valence-electron chi connectivity index (χ3n) is 2.90. The van der Waals surface area contributed by atoms with Crippen molar-refractivity contribution in [3.63, 3.8) is 0 Å². The molecule has 0 atom stereocenters. The summed E-state index contributed by atoms with van der Waals surface area (Å²) in [4.78, 5) is 19.6. The molecule has 0 unspecified atom stereocenters. The van der Waals surface area contributed by atoms with E-state index in [-0.39, 0.29) is 5.91 Å². The van der Waals surface area contributed by atoms with E-state index >= 15 is 0 Å². The molecule has 1 aliphatic rings. The van der Waals surface area contributed by atoms with E-state index in [1.165, 1.54) is 12.4 Å². The summed E-state index contributed by atoms with van der Waals surface area (Å²) in [5.74, 6) is 1.47. The summed E-state index contributed by atoms with van der Waals surface area (Å²) in [5.41, 5.74) is 0. The van der Waals surface area contributed by atoms with Crippen LogP contribution in [0.4, 0.5) is 5.95 Å². The predicted molar refractivity (Wildman–Crippen MR) is 71.6 cm³/mol. The number of hydrogen-bond acceptors (Lipinski definition) is 6. The number of amides is 1. The first-order chi connectivity index (χ1) is 9.74. The standard InChI is InChI=1S/C11H12ClN7O/c12-7-5-15-11(16-6-7)14-2-1-8-17-18-9-10(20)13-3-4-19(8)9/h5-6H,1-4H2,(H,13,20)(H,14,15,16). The third kappa shape index (κ3) is 2.55. The number of carbonyl (C=O) groups is 1. The number of anilines is 1. The van der Waals surface area contributed by atoms with E-state index in [1.807, 2.05) is 4.57 Å². The molecule has 104 valence electrons. The smallest absolute Gasteiger partial charge is 0.289 e. The van der Waals surface area contributed by atoms with Crippen LogP contribution in [0.2, 0.25) is 5.02 Å². The zero-order valence-corrected chi connectivity index (χ0v) is 11.3. The number of halogens is 1. The average molecular weight is 294 g/mol. The van der Waals surface area contributed by atoms with Gasteiger partial charge in [-0.05, 0) is 0 Å². The molecule has 20 heavy (non-hydrogen) atoms. The average Bonchev–Trinajstić information content (AvgIpc) is 2.86. The second kappa shape index (κ2) is 5.41. The summed E-state index contributed by atoms with van der Waals surface area (Å²) in [6.45, 7) is 1.90. The highest BCUT2D eigenvalue weighted by molar-refractivity contribution is 6.30. The summed E-state index contributed by atoms with van der Waals surface area (Å²) in [6, 6.07) is 0. The van der Waals surface area contributed by atoms with Gasteiger partial charge in [0, 0.05) is 26.1 Å². The molecule has 3 rings (SSSR count). The van der Waals surface area contributed by atoms with Gasteiger partial charge in [-0.3, -0.25) is 4.79 Å². The van der Waals surface area contributed by atoms with Gasteiger partial charge in [-0.25, -0.2) is 9.97 Å². The third-order valence-corrected chi connectivity index (χ3v) is 3.10. The second-order valence-electron chi connectivity index (χ2n) is 4.25. The van der Waals surface area contributed by atoms with Crippen LogP contribution in [0.3, 0.4) is 0 Å². The SMILES string of the molecule is O=C1NCCn2c(CCNc3ncc(Cl)cn3)nnc21. The first-order valence-electron chi connectivity index (χ1n) is 6.16. The van der Waals surface area contributed by atoms with Crippen LogP contribution < -0.4 is 10.6 Å². The normalized spacial score (nSPS) is 13.8. The molecule has 0 fully saturated rings. The molecular weight excluding hydrogens is 282 g/mol. The molecule has 2 aromatic rings. The van der Waals surface area contributed by atoms with Gasteiger partial charge >= 0.3 is 0 Å². The van der Waals surface area contributed by atoms with Crippen molar-refractivity contribution >= 4 is 23.5 Å². The summed E-state index contributed by atoms with van der Waals surface area (Å²) in [6.07, 6.45) is 3.69. The number of hydrogen-bond donors (Lipinski definition) is 2. The van der Waals surface area contributed by atoms with E-state index in [9.17, 15) is 4.79 Å². The maximum absolute atomic E-state index is 11.5.